The van der Waals surface area contributed by atoms with Crippen molar-refractivity contribution in [3.8, 4) is 39.1 Å². The van der Waals surface area contributed by atoms with Crippen LogP contribution >= 0.6 is 0 Å². The zero-order chi connectivity index (χ0) is 69.1. The van der Waals surface area contributed by atoms with E-state index in [1.54, 1.807) is 0 Å². The van der Waals surface area contributed by atoms with Gasteiger partial charge in [0.15, 0.2) is 0 Å². The first-order chi connectivity index (χ1) is 44.6. The molecule has 0 N–H and O–H groups in total. The summed E-state index contributed by atoms with van der Waals surface area (Å²) >= 11 is 0. The fourth-order valence-corrected chi connectivity index (χ4v) is 14.7. The molecule has 0 saturated heterocycles. The van der Waals surface area contributed by atoms with Crippen molar-refractivity contribution in [1.82, 2.24) is 4.57 Å². The normalized spacial score (nSPS) is 14.0. The summed E-state index contributed by atoms with van der Waals surface area (Å²) in [5.74, 6) is 0. The van der Waals surface area contributed by atoms with Crippen molar-refractivity contribution >= 4 is 79.0 Å². The van der Waals surface area contributed by atoms with Crippen molar-refractivity contribution in [2.24, 2.45) is 0 Å². The van der Waals surface area contributed by atoms with Crippen LogP contribution in [0.3, 0.4) is 0 Å². The first-order valence-corrected chi connectivity index (χ1v) is 35.4. The number of para-hydroxylation sites is 1. The molecular formula is C92H104BN3. The maximum absolute atomic E-state index is 2.65. The van der Waals surface area contributed by atoms with Gasteiger partial charge >= 0.3 is 0 Å². The van der Waals surface area contributed by atoms with Gasteiger partial charge in [-0.1, -0.05) is 294 Å². The molecule has 3 heterocycles. The highest BCUT2D eigenvalue weighted by Gasteiger charge is 2.45. The minimum Gasteiger partial charge on any atom is -0.311 e. The Balaban J connectivity index is 1.12. The fraction of sp³-hybridized carbons (Fsp3) is 0.348. The van der Waals surface area contributed by atoms with Crippen LogP contribution < -0.4 is 26.2 Å². The number of hydrogen-bond donors (Lipinski definition) is 0. The van der Waals surface area contributed by atoms with E-state index in [0.717, 1.165) is 11.4 Å². The monoisotopic (exact) mass is 1260 g/mol. The molecule has 0 radical (unpaired) electrons. The van der Waals surface area contributed by atoms with E-state index in [9.17, 15) is 0 Å². The van der Waals surface area contributed by atoms with E-state index >= 15 is 0 Å². The number of fused-ring (bicyclic) bond motifs is 8. The lowest BCUT2D eigenvalue weighted by Gasteiger charge is -2.44. The van der Waals surface area contributed by atoms with Crippen LogP contribution in [-0.2, 0) is 43.3 Å². The SMILES string of the molecule is CC(C)(C)c1cc(-c2ccc(N3c4cccc5c4B(c4ccc(-c6cc(C(C)(C)C)cc(C(C)(C)C)c6)cc4N5c4cccc(-c5cc(C(C)(C)C)cc(C(C)(C)C)c5)c4)c4ccc5c(c43)c3ccccc3n5-c3cc(C(C)(C)C)cc(C(C)(C)C)c3)cc2)cc(C(C)(C)C)c1. The van der Waals surface area contributed by atoms with E-state index < -0.39 is 0 Å². The Kier molecular flexibility index (Phi) is 15.6. The standard InChI is InChI=1S/C92H104BN3/c1-85(2,3)63-43-60(44-64(51-63)86(4,5)6)57-35-38-71(39-36-57)96-80-34-28-33-79-83(80)93(76-41-42-78-82(84(76)96)74-31-25-26-32-77(74)95(78)73-55-69(91(19,20)21)54-70(56-73)92(22,23)24)75-40-37-59(62-47-67(89(13,14)15)53-68(48-62)90(16,17)18)50-81(75)94(79)72-30-27-29-58(49-72)61-45-65(87(7,8)9)52-66(46-61)88(10,11)12/h25-56H,1-24H3. The molecule has 3 nitrogen and oxygen atoms in total. The molecule has 2 aliphatic heterocycles. The molecule has 10 aromatic carbocycles. The molecule has 11 aromatic rings. The van der Waals surface area contributed by atoms with E-state index in [-0.39, 0.29) is 50.0 Å². The van der Waals surface area contributed by atoms with E-state index in [4.69, 9.17) is 0 Å². The van der Waals surface area contributed by atoms with Gasteiger partial charge in [0.25, 0.3) is 6.71 Å². The third-order valence-electron chi connectivity index (χ3n) is 20.9. The third kappa shape index (κ3) is 12.0. The zero-order valence-corrected chi connectivity index (χ0v) is 62.4. The minimum atomic E-state index is -0.117. The predicted molar refractivity (Wildman–Crippen MR) is 421 cm³/mol. The highest BCUT2D eigenvalue weighted by atomic mass is 15.2. The van der Waals surface area contributed by atoms with Gasteiger partial charge in [-0.2, -0.15) is 0 Å². The van der Waals surface area contributed by atoms with E-state index in [1.807, 2.05) is 0 Å². The molecule has 0 atom stereocenters. The molecule has 1 aromatic heterocycles. The summed E-state index contributed by atoms with van der Waals surface area (Å²) in [6, 6.07) is 77.2. The van der Waals surface area contributed by atoms with Crippen molar-refractivity contribution in [3.63, 3.8) is 0 Å². The summed E-state index contributed by atoms with van der Waals surface area (Å²) in [5, 5.41) is 2.49. The maximum atomic E-state index is 2.65. The van der Waals surface area contributed by atoms with Gasteiger partial charge in [-0.25, -0.2) is 0 Å². The number of rotatable bonds is 6. The number of benzene rings is 10. The highest BCUT2D eigenvalue weighted by molar-refractivity contribution is 7.00. The van der Waals surface area contributed by atoms with Crippen molar-refractivity contribution < 1.29 is 0 Å². The molecule has 0 spiro atoms. The molecule has 0 unspecified atom stereocenters. The Hall–Kier alpha value is -8.34. The fourth-order valence-electron chi connectivity index (χ4n) is 14.7. The van der Waals surface area contributed by atoms with Gasteiger partial charge in [-0.15, -0.1) is 0 Å². The summed E-state index contributed by atoms with van der Waals surface area (Å²) < 4.78 is 2.58. The van der Waals surface area contributed by atoms with Crippen LogP contribution in [0.4, 0.5) is 34.1 Å². The third-order valence-corrected chi connectivity index (χ3v) is 20.9. The van der Waals surface area contributed by atoms with Gasteiger partial charge in [0.1, 0.15) is 0 Å². The summed E-state index contributed by atoms with van der Waals surface area (Å²) in [6.45, 7) is 56.2. The molecule has 2 aliphatic rings. The lowest BCUT2D eigenvalue weighted by Crippen LogP contribution is -2.61. The van der Waals surface area contributed by atoms with Crippen molar-refractivity contribution in [2.75, 3.05) is 9.80 Å². The number of hydrogen-bond acceptors (Lipinski definition) is 2. The van der Waals surface area contributed by atoms with Crippen molar-refractivity contribution in [2.45, 2.75) is 209 Å². The maximum Gasteiger partial charge on any atom is 0.252 e. The van der Waals surface area contributed by atoms with Gasteiger partial charge in [0.05, 0.1) is 16.7 Å². The minimum absolute atomic E-state index is 0.0149. The van der Waals surface area contributed by atoms with Crippen LogP contribution in [-0.4, -0.2) is 11.3 Å². The average Bonchev–Trinajstić information content (AvgIpc) is 1.19. The van der Waals surface area contributed by atoms with Crippen LogP contribution in [0.1, 0.15) is 211 Å². The number of nitrogens with zero attached hydrogens (tertiary/aromatic N) is 3. The smallest absolute Gasteiger partial charge is 0.252 e. The first kappa shape index (κ1) is 66.3. The molecule has 13 rings (SSSR count). The zero-order valence-electron chi connectivity index (χ0n) is 62.4. The van der Waals surface area contributed by atoms with E-state index in [2.05, 4.69) is 375 Å². The Morgan fingerprint density at radius 1 is 0.250 bits per heavy atom. The van der Waals surface area contributed by atoms with Gasteiger partial charge in [0, 0.05) is 44.9 Å². The van der Waals surface area contributed by atoms with Crippen LogP contribution in [0.25, 0.3) is 60.9 Å². The lowest BCUT2D eigenvalue weighted by molar-refractivity contribution is 0.567. The molecule has 0 saturated carbocycles. The molecule has 0 amide bonds. The largest absolute Gasteiger partial charge is 0.311 e. The van der Waals surface area contributed by atoms with Crippen LogP contribution in [0.2, 0.25) is 0 Å². The van der Waals surface area contributed by atoms with Crippen molar-refractivity contribution in [1.29, 1.82) is 0 Å². The summed E-state index contributed by atoms with van der Waals surface area (Å²) in [7, 11) is 0. The molecule has 4 heteroatoms. The second kappa shape index (κ2) is 22.6. The van der Waals surface area contributed by atoms with E-state index in [0.29, 0.717) is 0 Å². The Bertz CT molecular complexity index is 4760. The van der Waals surface area contributed by atoms with Gasteiger partial charge in [0.2, 0.25) is 0 Å². The molecular weight excluding hydrogens is 1160 g/mol. The van der Waals surface area contributed by atoms with E-state index in [1.165, 1.54) is 145 Å². The Labute approximate surface area is 577 Å². The van der Waals surface area contributed by atoms with Gasteiger partial charge in [-0.3, -0.25) is 0 Å². The summed E-state index contributed by atoms with van der Waals surface area (Å²) in [6.07, 6.45) is 0. The topological polar surface area (TPSA) is 11.4 Å². The summed E-state index contributed by atoms with van der Waals surface area (Å²) in [5.41, 5.74) is 32.3. The second-order valence-electron chi connectivity index (χ2n) is 36.6. The molecule has 490 valence electrons. The molecule has 96 heavy (non-hydrogen) atoms. The Morgan fingerprint density at radius 2 is 0.646 bits per heavy atom. The molecule has 0 bridgehead atoms. The number of aromatic nitrogens is 1. The number of anilines is 6. The predicted octanol–water partition coefficient (Wildman–Crippen LogP) is 24.2. The first-order valence-electron chi connectivity index (χ1n) is 35.4. The molecule has 0 aliphatic carbocycles. The highest BCUT2D eigenvalue weighted by Crippen LogP contribution is 2.51. The average molecular weight is 1260 g/mol. The quantitative estimate of drug-likeness (QED) is 0.154. The second-order valence-corrected chi connectivity index (χ2v) is 36.6. The van der Waals surface area contributed by atoms with Crippen LogP contribution in [0.5, 0.6) is 0 Å². The summed E-state index contributed by atoms with van der Waals surface area (Å²) in [4.78, 5) is 5.27. The molecule has 0 fully saturated rings. The van der Waals surface area contributed by atoms with Gasteiger partial charge < -0.3 is 14.4 Å². The van der Waals surface area contributed by atoms with Crippen LogP contribution in [0, 0.1) is 0 Å². The van der Waals surface area contributed by atoms with Crippen molar-refractivity contribution in [3.05, 3.63) is 239 Å². The van der Waals surface area contributed by atoms with Gasteiger partial charge in [-0.05, 0) is 204 Å². The Morgan fingerprint density at radius 3 is 1.11 bits per heavy atom. The van der Waals surface area contributed by atoms with Crippen LogP contribution in [0.15, 0.2) is 194 Å². The lowest BCUT2D eigenvalue weighted by atomic mass is 9.33.